The van der Waals surface area contributed by atoms with Crippen molar-refractivity contribution in [2.45, 2.75) is 40.3 Å². The summed E-state index contributed by atoms with van der Waals surface area (Å²) in [5.41, 5.74) is -0.397. The number of nitrogens with one attached hydrogen (secondary N) is 1. The number of ether oxygens (including phenoxy) is 4. The SMILES string of the molecule is C.CC(C)(C)OC(=O)NCc1cccc([N+](=O)[O-])c1OCCOCCOCCO. The third-order valence-electron chi connectivity index (χ3n) is 3.18. The number of hydrogen-bond donors (Lipinski definition) is 2. The lowest BCUT2D eigenvalue weighted by atomic mass is 10.1. The van der Waals surface area contributed by atoms with Crippen LogP contribution in [0.4, 0.5) is 10.5 Å². The number of benzene rings is 1. The second kappa shape index (κ2) is 13.7. The fourth-order valence-corrected chi connectivity index (χ4v) is 2.09. The number of carbonyl (C=O) groups excluding carboxylic acids is 1. The fourth-order valence-electron chi connectivity index (χ4n) is 2.09. The number of nitrogens with zero attached hydrogens (tertiary/aromatic N) is 1. The van der Waals surface area contributed by atoms with Gasteiger partial charge in [-0.3, -0.25) is 10.1 Å². The Morgan fingerprint density at radius 2 is 1.76 bits per heavy atom. The minimum absolute atomic E-state index is 0. The zero-order valence-corrected chi connectivity index (χ0v) is 16.4. The molecule has 0 fully saturated rings. The van der Waals surface area contributed by atoms with E-state index in [1.54, 1.807) is 26.8 Å². The molecule has 10 heteroatoms. The molecule has 0 radical (unpaired) electrons. The van der Waals surface area contributed by atoms with E-state index in [1.807, 2.05) is 0 Å². The van der Waals surface area contributed by atoms with E-state index in [4.69, 9.17) is 24.1 Å². The maximum absolute atomic E-state index is 11.8. The van der Waals surface area contributed by atoms with Crippen molar-refractivity contribution in [3.63, 3.8) is 0 Å². The molecule has 1 aromatic carbocycles. The van der Waals surface area contributed by atoms with Gasteiger partial charge in [0.05, 0.1) is 44.5 Å². The summed E-state index contributed by atoms with van der Waals surface area (Å²) in [5.74, 6) is 0.0729. The van der Waals surface area contributed by atoms with Crippen molar-refractivity contribution < 1.29 is 33.8 Å². The third kappa shape index (κ3) is 11.2. The molecule has 0 saturated heterocycles. The van der Waals surface area contributed by atoms with Gasteiger partial charge in [-0.15, -0.1) is 0 Å². The predicted molar refractivity (Wildman–Crippen MR) is 107 cm³/mol. The van der Waals surface area contributed by atoms with E-state index in [2.05, 4.69) is 5.32 Å². The summed E-state index contributed by atoms with van der Waals surface area (Å²) < 4.78 is 21.1. The normalized spacial score (nSPS) is 10.8. The number of alkyl carbamates (subject to hydrolysis) is 1. The van der Waals surface area contributed by atoms with E-state index in [9.17, 15) is 14.9 Å². The van der Waals surface area contributed by atoms with Crippen molar-refractivity contribution >= 4 is 11.8 Å². The first-order valence-corrected chi connectivity index (χ1v) is 8.87. The van der Waals surface area contributed by atoms with Crippen molar-refractivity contribution in [1.29, 1.82) is 0 Å². The Labute approximate surface area is 171 Å². The molecule has 0 spiro atoms. The van der Waals surface area contributed by atoms with E-state index in [0.717, 1.165) is 0 Å². The topological polar surface area (TPSA) is 129 Å². The van der Waals surface area contributed by atoms with E-state index in [1.165, 1.54) is 12.1 Å². The number of carbonyl (C=O) groups is 1. The Morgan fingerprint density at radius 3 is 2.34 bits per heavy atom. The fraction of sp³-hybridized carbons (Fsp3) is 0.632. The molecule has 0 atom stereocenters. The Bertz CT molecular complexity index is 631. The molecule has 0 heterocycles. The van der Waals surface area contributed by atoms with Gasteiger partial charge >= 0.3 is 11.8 Å². The lowest BCUT2D eigenvalue weighted by Crippen LogP contribution is -2.32. The second-order valence-corrected chi connectivity index (χ2v) is 6.67. The molecule has 0 aliphatic carbocycles. The Morgan fingerprint density at radius 1 is 1.14 bits per heavy atom. The highest BCUT2D eigenvalue weighted by Crippen LogP contribution is 2.31. The highest BCUT2D eigenvalue weighted by Gasteiger charge is 2.21. The molecule has 29 heavy (non-hydrogen) atoms. The van der Waals surface area contributed by atoms with E-state index >= 15 is 0 Å². The van der Waals surface area contributed by atoms with Crippen molar-refractivity contribution in [2.75, 3.05) is 39.6 Å². The molecule has 0 aliphatic heterocycles. The number of aliphatic hydroxyl groups excluding tert-OH is 1. The van der Waals surface area contributed by atoms with Gasteiger partial charge in [0.15, 0.2) is 0 Å². The Hall–Kier alpha value is -2.43. The summed E-state index contributed by atoms with van der Waals surface area (Å²) in [4.78, 5) is 22.5. The van der Waals surface area contributed by atoms with Gasteiger partial charge in [-0.25, -0.2) is 4.79 Å². The van der Waals surface area contributed by atoms with Crippen LogP contribution in [0.15, 0.2) is 18.2 Å². The standard InChI is InChI=1S/C18H28N2O8.CH4/c1-18(2,3)28-17(22)19-13-14-5-4-6-15(20(23)24)16(14)27-12-11-26-10-9-25-8-7-21;/h4-6,21H,7-13H2,1-3H3,(H,19,22);1H4. The minimum atomic E-state index is -0.648. The monoisotopic (exact) mass is 416 g/mol. The Kier molecular flexibility index (Phi) is 12.5. The van der Waals surface area contributed by atoms with E-state index in [0.29, 0.717) is 18.8 Å². The van der Waals surface area contributed by atoms with Crippen LogP contribution >= 0.6 is 0 Å². The summed E-state index contributed by atoms with van der Waals surface area (Å²) in [7, 11) is 0. The molecular formula is C19H32N2O8. The van der Waals surface area contributed by atoms with Crippen molar-refractivity contribution in [1.82, 2.24) is 5.32 Å². The largest absolute Gasteiger partial charge is 0.484 e. The zero-order valence-electron chi connectivity index (χ0n) is 16.4. The molecule has 166 valence electrons. The van der Waals surface area contributed by atoms with Crippen LogP contribution in [-0.4, -0.2) is 61.4 Å². The van der Waals surface area contributed by atoms with Crippen LogP contribution in [0.3, 0.4) is 0 Å². The molecular weight excluding hydrogens is 384 g/mol. The first kappa shape index (κ1) is 26.6. The smallest absolute Gasteiger partial charge is 0.407 e. The molecule has 0 unspecified atom stereocenters. The van der Waals surface area contributed by atoms with Crippen molar-refractivity contribution in [3.05, 3.63) is 33.9 Å². The number of rotatable bonds is 12. The summed E-state index contributed by atoms with van der Waals surface area (Å²) in [6.45, 7) is 6.35. The summed E-state index contributed by atoms with van der Waals surface area (Å²) in [6.07, 6.45) is -0.629. The molecule has 0 aromatic heterocycles. The molecule has 1 aromatic rings. The van der Waals surface area contributed by atoms with E-state index < -0.39 is 16.6 Å². The number of aliphatic hydroxyl groups is 1. The van der Waals surface area contributed by atoms with Crippen LogP contribution in [0, 0.1) is 10.1 Å². The number of nitro benzene ring substituents is 1. The Balaban J connectivity index is 0.00000784. The molecule has 2 N–H and O–H groups in total. The van der Waals surface area contributed by atoms with Crippen LogP contribution in [0.5, 0.6) is 5.75 Å². The van der Waals surface area contributed by atoms with Crippen molar-refractivity contribution in [2.24, 2.45) is 0 Å². The van der Waals surface area contributed by atoms with Gasteiger partial charge in [0, 0.05) is 11.6 Å². The number of para-hydroxylation sites is 1. The molecule has 10 nitrogen and oxygen atoms in total. The van der Waals surface area contributed by atoms with Crippen LogP contribution in [-0.2, 0) is 20.8 Å². The number of nitro groups is 1. The molecule has 0 bridgehead atoms. The van der Waals surface area contributed by atoms with Gasteiger partial charge in [-0.2, -0.15) is 0 Å². The lowest BCUT2D eigenvalue weighted by molar-refractivity contribution is -0.386. The van der Waals surface area contributed by atoms with Gasteiger partial charge in [-0.05, 0) is 20.8 Å². The maximum atomic E-state index is 11.8. The van der Waals surface area contributed by atoms with Crippen LogP contribution in [0.2, 0.25) is 0 Å². The number of hydrogen-bond acceptors (Lipinski definition) is 8. The van der Waals surface area contributed by atoms with Gasteiger partial charge < -0.3 is 29.4 Å². The third-order valence-corrected chi connectivity index (χ3v) is 3.18. The van der Waals surface area contributed by atoms with Gasteiger partial charge in [0.1, 0.15) is 12.2 Å². The highest BCUT2D eigenvalue weighted by atomic mass is 16.6. The second-order valence-electron chi connectivity index (χ2n) is 6.67. The zero-order chi connectivity index (χ0) is 21.0. The molecule has 0 saturated carbocycles. The van der Waals surface area contributed by atoms with Crippen molar-refractivity contribution in [3.8, 4) is 5.75 Å². The molecule has 0 aliphatic rings. The quantitative estimate of drug-likeness (QED) is 0.302. The summed E-state index contributed by atoms with van der Waals surface area (Å²) in [5, 5.41) is 22.4. The minimum Gasteiger partial charge on any atom is -0.484 e. The van der Waals surface area contributed by atoms with Crippen LogP contribution in [0.25, 0.3) is 0 Å². The summed E-state index contributed by atoms with van der Waals surface area (Å²) >= 11 is 0. The maximum Gasteiger partial charge on any atom is 0.407 e. The average molecular weight is 416 g/mol. The van der Waals surface area contributed by atoms with Gasteiger partial charge in [-0.1, -0.05) is 19.6 Å². The highest BCUT2D eigenvalue weighted by molar-refractivity contribution is 5.68. The average Bonchev–Trinajstić information content (AvgIpc) is 2.61. The molecule has 1 rings (SSSR count). The predicted octanol–water partition coefficient (Wildman–Crippen LogP) is 2.66. The van der Waals surface area contributed by atoms with Crippen LogP contribution in [0.1, 0.15) is 33.8 Å². The van der Waals surface area contributed by atoms with E-state index in [-0.39, 0.29) is 51.8 Å². The summed E-state index contributed by atoms with van der Waals surface area (Å²) in [6, 6.07) is 4.48. The van der Waals surface area contributed by atoms with Gasteiger partial charge in [0.25, 0.3) is 0 Å². The lowest BCUT2D eigenvalue weighted by Gasteiger charge is -2.20. The molecule has 1 amide bonds. The first-order chi connectivity index (χ1) is 13.2. The van der Waals surface area contributed by atoms with Gasteiger partial charge in [0.2, 0.25) is 5.75 Å². The number of amides is 1. The first-order valence-electron chi connectivity index (χ1n) is 8.87. The van der Waals surface area contributed by atoms with Crippen LogP contribution < -0.4 is 10.1 Å².